The zero-order valence-electron chi connectivity index (χ0n) is 20.0. The first-order chi connectivity index (χ1) is 17.9. The summed E-state index contributed by atoms with van der Waals surface area (Å²) in [5.41, 5.74) is 4.34. The predicted octanol–water partition coefficient (Wildman–Crippen LogP) is 6.70. The number of hydrogen-bond acceptors (Lipinski definition) is 6. The highest BCUT2D eigenvalue weighted by Gasteiger charge is 2.47. The van der Waals surface area contributed by atoms with Crippen LogP contribution in [0.4, 0.5) is 5.69 Å². The van der Waals surface area contributed by atoms with Crippen molar-refractivity contribution in [2.24, 2.45) is 0 Å². The van der Waals surface area contributed by atoms with Crippen LogP contribution in [0.3, 0.4) is 0 Å². The largest absolute Gasteiger partial charge is 0.439 e. The van der Waals surface area contributed by atoms with Gasteiger partial charge in [-0.15, -0.1) is 11.3 Å². The van der Waals surface area contributed by atoms with E-state index in [0.717, 1.165) is 30.8 Å². The number of nitrogens with one attached hydrogen (secondary N) is 2. The van der Waals surface area contributed by atoms with Gasteiger partial charge in [0.15, 0.2) is 0 Å². The topological polar surface area (TPSA) is 80.3 Å². The van der Waals surface area contributed by atoms with Gasteiger partial charge in [0.1, 0.15) is 9.96 Å². The van der Waals surface area contributed by atoms with E-state index in [1.807, 2.05) is 18.2 Å². The molecule has 3 heterocycles. The molecule has 1 atom stereocenters. The average molecular weight is 552 g/mol. The maximum Gasteiger partial charge on any atom is 0.271 e. The molecule has 0 saturated heterocycles. The summed E-state index contributed by atoms with van der Waals surface area (Å²) < 4.78 is 33.8. The van der Waals surface area contributed by atoms with Crippen molar-refractivity contribution in [3.8, 4) is 11.6 Å². The Balaban J connectivity index is 1.23. The zero-order chi connectivity index (χ0) is 25.5. The molecule has 2 aliphatic rings. The van der Waals surface area contributed by atoms with E-state index in [1.165, 1.54) is 40.6 Å². The van der Waals surface area contributed by atoms with Crippen molar-refractivity contribution < 1.29 is 13.2 Å². The van der Waals surface area contributed by atoms with Gasteiger partial charge >= 0.3 is 0 Å². The van der Waals surface area contributed by atoms with Gasteiger partial charge in [-0.05, 0) is 84.3 Å². The molecular weight excluding hydrogens is 526 g/mol. The van der Waals surface area contributed by atoms with Crippen molar-refractivity contribution in [2.75, 3.05) is 11.3 Å². The number of hydrogen-bond donors (Lipinski definition) is 2. The first-order valence-corrected chi connectivity index (χ1v) is 15.0. The van der Waals surface area contributed by atoms with Gasteiger partial charge in [0.05, 0.1) is 11.9 Å². The summed E-state index contributed by atoms with van der Waals surface area (Å²) in [5.74, 6) is 1.10. The Morgan fingerprint density at radius 3 is 2.59 bits per heavy atom. The minimum atomic E-state index is -3.62. The van der Waals surface area contributed by atoms with Crippen molar-refractivity contribution >= 4 is 38.6 Å². The van der Waals surface area contributed by atoms with Crippen molar-refractivity contribution in [1.82, 2.24) is 10.3 Å². The van der Waals surface area contributed by atoms with Gasteiger partial charge < -0.3 is 10.1 Å². The number of anilines is 1. The predicted molar refractivity (Wildman–Crippen MR) is 147 cm³/mol. The first kappa shape index (κ1) is 24.4. The molecule has 1 saturated carbocycles. The minimum absolute atomic E-state index is 0.0397. The molecule has 0 amide bonds. The van der Waals surface area contributed by atoms with Crippen molar-refractivity contribution in [2.45, 2.75) is 41.3 Å². The molecule has 2 aromatic carbocycles. The molecule has 1 aliphatic carbocycles. The van der Waals surface area contributed by atoms with Crippen LogP contribution in [0.1, 0.15) is 42.0 Å². The molecule has 6 rings (SSSR count). The normalized spacial score (nSPS) is 18.5. The number of benzene rings is 2. The van der Waals surface area contributed by atoms with E-state index >= 15 is 0 Å². The third-order valence-corrected chi connectivity index (χ3v) is 10.4. The van der Waals surface area contributed by atoms with Gasteiger partial charge in [-0.1, -0.05) is 42.3 Å². The van der Waals surface area contributed by atoms with Crippen LogP contribution >= 0.6 is 22.9 Å². The van der Waals surface area contributed by atoms with E-state index in [0.29, 0.717) is 17.3 Å². The molecular formula is C28H26ClN3O3S2. The van der Waals surface area contributed by atoms with Gasteiger partial charge in [-0.25, -0.2) is 13.4 Å². The quantitative estimate of drug-likeness (QED) is 0.267. The lowest BCUT2D eigenvalue weighted by molar-refractivity contribution is 0.164. The monoisotopic (exact) mass is 551 g/mol. The van der Waals surface area contributed by atoms with Crippen LogP contribution in [0.25, 0.3) is 0 Å². The second kappa shape index (κ2) is 9.76. The maximum absolute atomic E-state index is 12.5. The van der Waals surface area contributed by atoms with Crippen LogP contribution in [0.5, 0.6) is 11.6 Å². The van der Waals surface area contributed by atoms with E-state index in [2.05, 4.69) is 39.3 Å². The summed E-state index contributed by atoms with van der Waals surface area (Å²) in [6.45, 7) is 0.942. The highest BCUT2D eigenvalue weighted by molar-refractivity contribution is 7.94. The Morgan fingerprint density at radius 1 is 1.08 bits per heavy atom. The van der Waals surface area contributed by atoms with Crippen LogP contribution in [0.15, 0.2) is 82.5 Å². The molecule has 0 spiro atoms. The fraction of sp³-hybridized carbons (Fsp3) is 0.250. The van der Waals surface area contributed by atoms with Gasteiger partial charge in [0.2, 0.25) is 5.88 Å². The lowest BCUT2D eigenvalue weighted by atomic mass is 9.58. The summed E-state index contributed by atoms with van der Waals surface area (Å²) in [7, 11) is -3.62. The van der Waals surface area contributed by atoms with E-state index in [-0.39, 0.29) is 15.7 Å². The van der Waals surface area contributed by atoms with Crippen molar-refractivity contribution in [3.63, 3.8) is 0 Å². The Kier molecular flexibility index (Phi) is 6.44. The second-order valence-electron chi connectivity index (χ2n) is 9.54. The molecule has 1 unspecified atom stereocenters. The summed E-state index contributed by atoms with van der Waals surface area (Å²) in [5, 5.41) is 6.27. The lowest BCUT2D eigenvalue weighted by Crippen LogP contribution is -2.49. The third-order valence-electron chi connectivity index (χ3n) is 7.36. The van der Waals surface area contributed by atoms with Gasteiger partial charge in [-0.2, -0.15) is 0 Å². The molecule has 0 bridgehead atoms. The molecule has 2 aromatic heterocycles. The highest BCUT2D eigenvalue weighted by Crippen LogP contribution is 2.53. The molecule has 1 aliphatic heterocycles. The maximum atomic E-state index is 12.5. The number of ether oxygens (including phenoxy) is 1. The number of aromatic nitrogens is 1. The summed E-state index contributed by atoms with van der Waals surface area (Å²) in [6, 6.07) is 21.3. The van der Waals surface area contributed by atoms with E-state index < -0.39 is 10.0 Å². The molecule has 9 heteroatoms. The van der Waals surface area contributed by atoms with Gasteiger partial charge in [-0.3, -0.25) is 4.72 Å². The summed E-state index contributed by atoms with van der Waals surface area (Å²) in [6.07, 6.45) is 5.90. The highest BCUT2D eigenvalue weighted by atomic mass is 35.5. The summed E-state index contributed by atoms with van der Waals surface area (Å²) in [4.78, 5) is 4.33. The minimum Gasteiger partial charge on any atom is -0.439 e. The Morgan fingerprint density at radius 2 is 1.92 bits per heavy atom. The first-order valence-electron chi connectivity index (χ1n) is 12.3. The van der Waals surface area contributed by atoms with Crippen LogP contribution in [-0.4, -0.2) is 19.9 Å². The molecule has 6 nitrogen and oxygen atoms in total. The van der Waals surface area contributed by atoms with Crippen LogP contribution < -0.4 is 14.8 Å². The van der Waals surface area contributed by atoms with E-state index in [9.17, 15) is 8.42 Å². The average Bonchev–Trinajstić information content (AvgIpc) is 3.42. The fourth-order valence-electron chi connectivity index (χ4n) is 5.41. The van der Waals surface area contributed by atoms with Gasteiger partial charge in [0, 0.05) is 22.5 Å². The van der Waals surface area contributed by atoms with Gasteiger partial charge in [0.25, 0.3) is 10.0 Å². The Bertz CT molecular complexity index is 1500. The number of rotatable bonds is 7. The van der Waals surface area contributed by atoms with Crippen molar-refractivity contribution in [3.05, 3.63) is 100 Å². The molecule has 4 aromatic rings. The number of halogens is 1. The Hall–Kier alpha value is -2.91. The van der Waals surface area contributed by atoms with Crippen molar-refractivity contribution in [1.29, 1.82) is 0 Å². The molecule has 37 heavy (non-hydrogen) atoms. The van der Waals surface area contributed by atoms with Crippen LogP contribution in [0, 0.1) is 0 Å². The smallest absolute Gasteiger partial charge is 0.271 e. The SMILES string of the molecule is O=S(=O)(Nc1ccc(Oc2ccc3c(c2)C(C2(c4ccc(Cl)cc4)CCC2)NCC3)nc1)c1cccs1. The summed E-state index contributed by atoms with van der Waals surface area (Å²) >= 11 is 7.35. The molecule has 0 radical (unpaired) electrons. The number of sulfonamides is 1. The van der Waals surface area contributed by atoms with Crippen LogP contribution in [0.2, 0.25) is 5.02 Å². The number of thiophene rings is 1. The zero-order valence-corrected chi connectivity index (χ0v) is 22.4. The lowest BCUT2D eigenvalue weighted by Gasteiger charge is -2.50. The number of fused-ring (bicyclic) bond motifs is 1. The molecule has 1 fully saturated rings. The standard InChI is InChI=1S/C28H26ClN3O3S2/c29-21-7-5-20(6-8-21)28(13-2-14-28)27-24-17-23(10-4-19(24)12-15-30-27)35-25-11-9-22(18-31-25)32-37(33,34)26-3-1-16-36-26/h1,3-11,16-18,27,30,32H,2,12-15H2. The van der Waals surface area contributed by atoms with E-state index in [4.69, 9.17) is 16.3 Å². The fourth-order valence-corrected chi connectivity index (χ4v) is 7.58. The Labute approximate surface area is 225 Å². The number of nitrogens with zero attached hydrogens (tertiary/aromatic N) is 1. The van der Waals surface area contributed by atoms with Crippen LogP contribution in [-0.2, 0) is 21.9 Å². The molecule has 190 valence electrons. The number of pyridine rings is 1. The second-order valence-corrected chi connectivity index (χ2v) is 12.8. The third kappa shape index (κ3) is 4.75. The molecule has 2 N–H and O–H groups in total. The van der Waals surface area contributed by atoms with E-state index in [1.54, 1.807) is 29.6 Å².